The van der Waals surface area contributed by atoms with E-state index in [9.17, 15) is 14.7 Å². The third-order valence-corrected chi connectivity index (χ3v) is 4.10. The fraction of sp³-hybridized carbons (Fsp3) is 0.375. The van der Waals surface area contributed by atoms with Crippen LogP contribution in [0.2, 0.25) is 0 Å². The average Bonchev–Trinajstić information content (AvgIpc) is 2.80. The fourth-order valence-electron chi connectivity index (χ4n) is 2.95. The monoisotopic (exact) mass is 286 g/mol. The van der Waals surface area contributed by atoms with Crippen molar-refractivity contribution in [3.63, 3.8) is 0 Å². The summed E-state index contributed by atoms with van der Waals surface area (Å²) in [7, 11) is 0. The Morgan fingerprint density at radius 3 is 2.86 bits per heavy atom. The second-order valence-corrected chi connectivity index (χ2v) is 5.48. The quantitative estimate of drug-likeness (QED) is 0.891. The number of fused-ring (bicyclic) bond motifs is 1. The van der Waals surface area contributed by atoms with Crippen LogP contribution in [0.1, 0.15) is 36.0 Å². The Hall–Kier alpha value is -2.30. The minimum atomic E-state index is -0.911. The Balaban J connectivity index is 1.92. The maximum Gasteiger partial charge on any atom is 0.326 e. The second kappa shape index (κ2) is 5.60. The van der Waals surface area contributed by atoms with Crippen LogP contribution in [0.25, 0.3) is 10.9 Å². The fourth-order valence-corrected chi connectivity index (χ4v) is 2.95. The summed E-state index contributed by atoms with van der Waals surface area (Å²) in [5.41, 5.74) is 1.43. The van der Waals surface area contributed by atoms with Crippen molar-refractivity contribution >= 4 is 22.8 Å². The van der Waals surface area contributed by atoms with Gasteiger partial charge in [-0.05, 0) is 36.4 Å². The van der Waals surface area contributed by atoms with Crippen molar-refractivity contribution in [3.05, 3.63) is 36.0 Å². The highest BCUT2D eigenvalue weighted by Gasteiger charge is 2.31. The van der Waals surface area contributed by atoms with Gasteiger partial charge < -0.3 is 15.0 Å². The molecule has 1 aromatic carbocycles. The van der Waals surface area contributed by atoms with Crippen LogP contribution < -0.4 is 0 Å². The van der Waals surface area contributed by atoms with E-state index >= 15 is 0 Å². The Kier molecular flexibility index (Phi) is 3.64. The average molecular weight is 286 g/mol. The molecule has 0 aliphatic carbocycles. The number of nitrogens with one attached hydrogen (secondary N) is 1. The first-order valence-electron chi connectivity index (χ1n) is 7.28. The summed E-state index contributed by atoms with van der Waals surface area (Å²) >= 11 is 0. The van der Waals surface area contributed by atoms with E-state index in [4.69, 9.17) is 0 Å². The highest BCUT2D eigenvalue weighted by molar-refractivity contribution is 5.99. The summed E-state index contributed by atoms with van der Waals surface area (Å²) < 4.78 is 0. The molecule has 1 atom stereocenters. The maximum absolute atomic E-state index is 12.7. The van der Waals surface area contributed by atoms with Gasteiger partial charge in [0.25, 0.3) is 5.91 Å². The van der Waals surface area contributed by atoms with E-state index in [1.807, 2.05) is 18.3 Å². The van der Waals surface area contributed by atoms with Gasteiger partial charge in [0.1, 0.15) is 6.04 Å². The minimum Gasteiger partial charge on any atom is -0.480 e. The van der Waals surface area contributed by atoms with Gasteiger partial charge in [-0.25, -0.2) is 4.79 Å². The number of hydrogen-bond acceptors (Lipinski definition) is 2. The van der Waals surface area contributed by atoms with Gasteiger partial charge in [-0.1, -0.05) is 18.9 Å². The van der Waals surface area contributed by atoms with Gasteiger partial charge in [0, 0.05) is 23.8 Å². The normalized spacial score (nSPS) is 19.4. The third-order valence-electron chi connectivity index (χ3n) is 4.10. The lowest BCUT2D eigenvalue weighted by Crippen LogP contribution is -2.44. The molecule has 21 heavy (non-hydrogen) atoms. The van der Waals surface area contributed by atoms with E-state index in [1.165, 1.54) is 4.90 Å². The summed E-state index contributed by atoms with van der Waals surface area (Å²) in [5.74, 6) is -1.10. The number of hydrogen-bond donors (Lipinski definition) is 2. The zero-order chi connectivity index (χ0) is 14.8. The van der Waals surface area contributed by atoms with Crippen molar-refractivity contribution in [3.8, 4) is 0 Å². The van der Waals surface area contributed by atoms with Crippen LogP contribution in [0.4, 0.5) is 0 Å². The number of aromatic nitrogens is 1. The van der Waals surface area contributed by atoms with Crippen LogP contribution >= 0.6 is 0 Å². The molecule has 1 fully saturated rings. The number of rotatable bonds is 2. The molecule has 0 spiro atoms. The number of carboxylic acids is 1. The maximum atomic E-state index is 12.7. The number of aliphatic carboxylic acids is 1. The molecule has 2 aromatic rings. The van der Waals surface area contributed by atoms with Crippen molar-refractivity contribution in [1.82, 2.24) is 9.88 Å². The van der Waals surface area contributed by atoms with E-state index in [2.05, 4.69) is 4.98 Å². The van der Waals surface area contributed by atoms with Crippen molar-refractivity contribution in [2.45, 2.75) is 31.7 Å². The molecule has 5 heteroatoms. The van der Waals surface area contributed by atoms with Crippen LogP contribution in [0.3, 0.4) is 0 Å². The summed E-state index contributed by atoms with van der Waals surface area (Å²) in [6.45, 7) is 0.512. The predicted octanol–water partition coefficient (Wildman–Crippen LogP) is 2.64. The molecule has 1 aliphatic rings. The Bertz CT molecular complexity index is 677. The molecule has 1 saturated heterocycles. The first-order valence-corrected chi connectivity index (χ1v) is 7.28. The standard InChI is InChI=1S/C16H18N2O3/c19-15(12-6-5-11-7-8-17-13(11)10-12)18-9-3-1-2-4-14(18)16(20)21/h5-8,10,14,17H,1-4,9H2,(H,20,21). The van der Waals surface area contributed by atoms with Gasteiger partial charge in [0.2, 0.25) is 0 Å². The lowest BCUT2D eigenvalue weighted by molar-refractivity contribution is -0.142. The molecule has 0 saturated carbocycles. The van der Waals surface area contributed by atoms with Crippen molar-refractivity contribution in [1.29, 1.82) is 0 Å². The SMILES string of the molecule is O=C(O)C1CCCCCN1C(=O)c1ccc2cc[nH]c2c1. The molecule has 5 nitrogen and oxygen atoms in total. The minimum absolute atomic E-state index is 0.194. The van der Waals surface area contributed by atoms with Gasteiger partial charge in [0.05, 0.1) is 0 Å². The van der Waals surface area contributed by atoms with Crippen LogP contribution in [0.15, 0.2) is 30.5 Å². The predicted molar refractivity (Wildman–Crippen MR) is 79.2 cm³/mol. The molecular formula is C16H18N2O3. The lowest BCUT2D eigenvalue weighted by atomic mass is 10.1. The van der Waals surface area contributed by atoms with Crippen LogP contribution in [-0.2, 0) is 4.79 Å². The molecule has 1 aromatic heterocycles. The van der Waals surface area contributed by atoms with Gasteiger partial charge >= 0.3 is 5.97 Å². The number of aromatic amines is 1. The molecular weight excluding hydrogens is 268 g/mol. The van der Waals surface area contributed by atoms with Gasteiger partial charge in [-0.2, -0.15) is 0 Å². The third kappa shape index (κ3) is 2.63. The molecule has 110 valence electrons. The molecule has 2 N–H and O–H groups in total. The molecule has 1 unspecified atom stereocenters. The summed E-state index contributed by atoms with van der Waals surface area (Å²) in [6.07, 6.45) is 5.05. The number of likely N-dealkylation sites (tertiary alicyclic amines) is 1. The summed E-state index contributed by atoms with van der Waals surface area (Å²) in [4.78, 5) is 28.7. The number of carbonyl (C=O) groups excluding carboxylic acids is 1. The van der Waals surface area contributed by atoms with E-state index in [1.54, 1.807) is 12.1 Å². The van der Waals surface area contributed by atoms with Crippen molar-refractivity contribution in [2.24, 2.45) is 0 Å². The van der Waals surface area contributed by atoms with Crippen LogP contribution in [-0.4, -0.2) is 39.5 Å². The van der Waals surface area contributed by atoms with Crippen LogP contribution in [0.5, 0.6) is 0 Å². The Morgan fingerprint density at radius 1 is 1.19 bits per heavy atom. The largest absolute Gasteiger partial charge is 0.480 e. The number of carbonyl (C=O) groups is 2. The number of nitrogens with zero attached hydrogens (tertiary/aromatic N) is 1. The number of benzene rings is 1. The number of carboxylic acid groups (broad SMARTS) is 1. The number of H-pyrrole nitrogens is 1. The van der Waals surface area contributed by atoms with E-state index in [0.29, 0.717) is 18.5 Å². The Morgan fingerprint density at radius 2 is 2.05 bits per heavy atom. The highest BCUT2D eigenvalue weighted by Crippen LogP contribution is 2.21. The summed E-state index contributed by atoms with van der Waals surface area (Å²) in [6, 6.07) is 6.67. The molecule has 0 radical (unpaired) electrons. The molecule has 1 amide bonds. The van der Waals surface area contributed by atoms with Crippen molar-refractivity contribution < 1.29 is 14.7 Å². The molecule has 2 heterocycles. The first-order chi connectivity index (χ1) is 10.2. The van der Waals surface area contributed by atoms with E-state index in [-0.39, 0.29) is 5.91 Å². The van der Waals surface area contributed by atoms with E-state index in [0.717, 1.165) is 30.2 Å². The molecule has 0 bridgehead atoms. The van der Waals surface area contributed by atoms with Crippen LogP contribution in [0, 0.1) is 0 Å². The molecule has 1 aliphatic heterocycles. The van der Waals surface area contributed by atoms with Gasteiger partial charge in [-0.15, -0.1) is 0 Å². The second-order valence-electron chi connectivity index (χ2n) is 5.48. The van der Waals surface area contributed by atoms with Gasteiger partial charge in [-0.3, -0.25) is 4.79 Å². The first kappa shape index (κ1) is 13.7. The zero-order valence-electron chi connectivity index (χ0n) is 11.7. The molecule has 3 rings (SSSR count). The van der Waals surface area contributed by atoms with Crippen molar-refractivity contribution in [2.75, 3.05) is 6.54 Å². The van der Waals surface area contributed by atoms with E-state index < -0.39 is 12.0 Å². The topological polar surface area (TPSA) is 73.4 Å². The lowest BCUT2D eigenvalue weighted by Gasteiger charge is -2.27. The zero-order valence-corrected chi connectivity index (χ0v) is 11.7. The summed E-state index contributed by atoms with van der Waals surface area (Å²) in [5, 5.41) is 10.4. The Labute approximate surface area is 122 Å². The smallest absolute Gasteiger partial charge is 0.326 e. The van der Waals surface area contributed by atoms with Gasteiger partial charge in [0.15, 0.2) is 0 Å². The number of amides is 1. The highest BCUT2D eigenvalue weighted by atomic mass is 16.4.